The highest BCUT2D eigenvalue weighted by atomic mass is 16.3. The third-order valence-electron chi connectivity index (χ3n) is 4.44. The first-order chi connectivity index (χ1) is 10.1. The van der Waals surface area contributed by atoms with Gasteiger partial charge in [-0.05, 0) is 23.3 Å². The van der Waals surface area contributed by atoms with Crippen LogP contribution in [-0.4, -0.2) is 18.1 Å². The molecule has 4 rings (SSSR count). The Kier molecular flexibility index (Phi) is 2.56. The van der Waals surface area contributed by atoms with Crippen LogP contribution in [-0.2, 0) is 17.9 Å². The minimum absolute atomic E-state index is 0.258. The summed E-state index contributed by atoms with van der Waals surface area (Å²) in [7, 11) is 1.71. The van der Waals surface area contributed by atoms with Crippen LogP contribution in [0, 0.1) is 0 Å². The monoisotopic (exact) mass is 280 g/mol. The molecule has 0 aliphatic carbocycles. The summed E-state index contributed by atoms with van der Waals surface area (Å²) in [5, 5.41) is 9.91. The van der Waals surface area contributed by atoms with Crippen LogP contribution in [0.3, 0.4) is 0 Å². The summed E-state index contributed by atoms with van der Waals surface area (Å²) in [6.45, 7) is 1.77. The van der Waals surface area contributed by atoms with Crippen molar-refractivity contribution in [2.24, 2.45) is 0 Å². The maximum absolute atomic E-state index is 11.8. The number of rotatable bonds is 1. The zero-order chi connectivity index (χ0) is 14.6. The number of nitrogens with zero attached hydrogens (tertiary/aromatic N) is 2. The molecule has 21 heavy (non-hydrogen) atoms. The van der Waals surface area contributed by atoms with Gasteiger partial charge in [0.05, 0.1) is 5.69 Å². The number of aliphatic hydroxyl groups excluding tert-OH is 1. The molecular formula is C17H16N2O2. The molecule has 4 heteroatoms. The van der Waals surface area contributed by atoms with E-state index in [0.717, 1.165) is 24.5 Å². The average molecular weight is 280 g/mol. The van der Waals surface area contributed by atoms with Gasteiger partial charge < -0.3 is 14.9 Å². The molecule has 1 amide bonds. The number of likely N-dealkylation sites (N-methyl/N-ethyl adjacent to an activating group) is 1. The van der Waals surface area contributed by atoms with Gasteiger partial charge in [0.15, 0.2) is 6.10 Å². The van der Waals surface area contributed by atoms with E-state index in [-0.39, 0.29) is 5.91 Å². The predicted octanol–water partition coefficient (Wildman–Crippen LogP) is 2.22. The quantitative estimate of drug-likeness (QED) is 0.871. The first-order valence-electron chi connectivity index (χ1n) is 7.06. The van der Waals surface area contributed by atoms with Gasteiger partial charge in [-0.3, -0.25) is 4.79 Å². The lowest BCUT2D eigenvalue weighted by Gasteiger charge is -2.20. The third-order valence-corrected chi connectivity index (χ3v) is 4.44. The Morgan fingerprint density at radius 2 is 1.76 bits per heavy atom. The maximum atomic E-state index is 11.8. The molecule has 0 fully saturated rings. The van der Waals surface area contributed by atoms with Crippen molar-refractivity contribution in [2.75, 3.05) is 16.8 Å². The molecule has 0 saturated carbocycles. The van der Waals surface area contributed by atoms with E-state index in [1.165, 1.54) is 16.0 Å². The lowest BCUT2D eigenvalue weighted by atomic mass is 10.1. The van der Waals surface area contributed by atoms with E-state index in [9.17, 15) is 9.90 Å². The molecule has 0 spiro atoms. The number of hydrogen-bond donors (Lipinski definition) is 1. The van der Waals surface area contributed by atoms with Crippen LogP contribution in [0.15, 0.2) is 42.5 Å². The molecule has 4 nitrogen and oxygen atoms in total. The van der Waals surface area contributed by atoms with E-state index in [1.54, 1.807) is 7.05 Å². The summed E-state index contributed by atoms with van der Waals surface area (Å²) < 4.78 is 0. The lowest BCUT2D eigenvalue weighted by Crippen LogP contribution is -2.23. The summed E-state index contributed by atoms with van der Waals surface area (Å²) in [5.41, 5.74) is 5.28. The van der Waals surface area contributed by atoms with Crippen LogP contribution >= 0.6 is 0 Å². The molecule has 2 aliphatic heterocycles. The van der Waals surface area contributed by atoms with Gasteiger partial charge >= 0.3 is 0 Å². The molecule has 2 heterocycles. The minimum atomic E-state index is -1.02. The van der Waals surface area contributed by atoms with Crippen molar-refractivity contribution in [3.05, 3.63) is 59.2 Å². The van der Waals surface area contributed by atoms with E-state index in [1.807, 2.05) is 18.2 Å². The highest BCUT2D eigenvalue weighted by Crippen LogP contribution is 2.39. The van der Waals surface area contributed by atoms with Gasteiger partial charge in [-0.25, -0.2) is 0 Å². The zero-order valence-corrected chi connectivity index (χ0v) is 11.8. The number of carbonyl (C=O) groups excluding carboxylic acids is 1. The molecular weight excluding hydrogens is 264 g/mol. The van der Waals surface area contributed by atoms with Crippen molar-refractivity contribution in [1.82, 2.24) is 0 Å². The Morgan fingerprint density at radius 1 is 1.10 bits per heavy atom. The van der Waals surface area contributed by atoms with Gasteiger partial charge in [-0.1, -0.05) is 30.3 Å². The highest BCUT2D eigenvalue weighted by Gasteiger charge is 2.34. The van der Waals surface area contributed by atoms with Crippen LogP contribution in [0.2, 0.25) is 0 Å². The largest absolute Gasteiger partial charge is 0.378 e. The normalized spacial score (nSPS) is 19.9. The molecule has 106 valence electrons. The van der Waals surface area contributed by atoms with Gasteiger partial charge in [0, 0.05) is 31.4 Å². The second kappa shape index (κ2) is 4.33. The first kappa shape index (κ1) is 12.4. The van der Waals surface area contributed by atoms with Crippen LogP contribution in [0.4, 0.5) is 11.4 Å². The van der Waals surface area contributed by atoms with Crippen LogP contribution in [0.1, 0.15) is 22.8 Å². The van der Waals surface area contributed by atoms with Crippen molar-refractivity contribution >= 4 is 17.3 Å². The van der Waals surface area contributed by atoms with Crippen LogP contribution in [0.5, 0.6) is 0 Å². The standard InChI is InChI=1S/C17H16N2O2/c1-18-15-8-13(6-7-14(15)16(20)17(18)21)19-9-11-4-2-3-5-12(11)10-19/h2-8,16,20H,9-10H2,1H3. The smallest absolute Gasteiger partial charge is 0.260 e. The lowest BCUT2D eigenvalue weighted by molar-refractivity contribution is -0.125. The average Bonchev–Trinajstić information content (AvgIpc) is 3.03. The first-order valence-corrected chi connectivity index (χ1v) is 7.06. The maximum Gasteiger partial charge on any atom is 0.260 e. The van der Waals surface area contributed by atoms with E-state index >= 15 is 0 Å². The number of aliphatic hydroxyl groups is 1. The fraction of sp³-hybridized carbons (Fsp3) is 0.235. The second-order valence-corrected chi connectivity index (χ2v) is 5.67. The molecule has 0 radical (unpaired) electrons. The van der Waals surface area contributed by atoms with E-state index < -0.39 is 6.10 Å². The Labute approximate surface area is 123 Å². The van der Waals surface area contributed by atoms with E-state index in [4.69, 9.17) is 0 Å². The van der Waals surface area contributed by atoms with Gasteiger partial charge in [0.1, 0.15) is 0 Å². The number of fused-ring (bicyclic) bond motifs is 2. The minimum Gasteiger partial charge on any atom is -0.378 e. The SMILES string of the molecule is CN1C(=O)C(O)c2ccc(N3Cc4ccccc4C3)cc21. The van der Waals surface area contributed by atoms with Gasteiger partial charge in [-0.15, -0.1) is 0 Å². The number of amides is 1. The van der Waals surface area contributed by atoms with Crippen molar-refractivity contribution in [3.8, 4) is 0 Å². The van der Waals surface area contributed by atoms with Crippen LogP contribution in [0.25, 0.3) is 0 Å². The predicted molar refractivity (Wildman–Crippen MR) is 81.1 cm³/mol. The molecule has 0 saturated heterocycles. The van der Waals surface area contributed by atoms with Crippen molar-refractivity contribution < 1.29 is 9.90 Å². The summed E-state index contributed by atoms with van der Waals surface area (Å²) in [4.78, 5) is 15.7. The number of hydrogen-bond acceptors (Lipinski definition) is 3. The molecule has 0 aromatic heterocycles. The molecule has 2 aromatic carbocycles. The molecule has 1 atom stereocenters. The number of carbonyl (C=O) groups is 1. The number of benzene rings is 2. The van der Waals surface area contributed by atoms with Gasteiger partial charge in [0.2, 0.25) is 0 Å². The van der Waals surface area contributed by atoms with Crippen LogP contribution < -0.4 is 9.80 Å². The summed E-state index contributed by atoms with van der Waals surface area (Å²) in [6.07, 6.45) is -1.02. The molecule has 1 N–H and O–H groups in total. The summed E-state index contributed by atoms with van der Waals surface area (Å²) in [5.74, 6) is -0.258. The van der Waals surface area contributed by atoms with Gasteiger partial charge in [0.25, 0.3) is 5.91 Å². The van der Waals surface area contributed by atoms with E-state index in [2.05, 4.69) is 29.2 Å². The molecule has 0 bridgehead atoms. The fourth-order valence-corrected chi connectivity index (χ4v) is 3.20. The fourth-order valence-electron chi connectivity index (χ4n) is 3.20. The van der Waals surface area contributed by atoms with Crippen molar-refractivity contribution in [3.63, 3.8) is 0 Å². The second-order valence-electron chi connectivity index (χ2n) is 5.67. The Bertz CT molecular complexity index is 716. The Morgan fingerprint density at radius 3 is 2.43 bits per heavy atom. The van der Waals surface area contributed by atoms with Crippen molar-refractivity contribution in [2.45, 2.75) is 19.2 Å². The van der Waals surface area contributed by atoms with E-state index in [0.29, 0.717) is 5.56 Å². The summed E-state index contributed by atoms with van der Waals surface area (Å²) in [6, 6.07) is 14.3. The van der Waals surface area contributed by atoms with Crippen molar-refractivity contribution in [1.29, 1.82) is 0 Å². The third kappa shape index (κ3) is 1.76. The Hall–Kier alpha value is -2.33. The Balaban J connectivity index is 1.69. The van der Waals surface area contributed by atoms with Gasteiger partial charge in [-0.2, -0.15) is 0 Å². The summed E-state index contributed by atoms with van der Waals surface area (Å²) >= 11 is 0. The number of anilines is 2. The molecule has 2 aromatic rings. The molecule has 2 aliphatic rings. The topological polar surface area (TPSA) is 43.8 Å². The molecule has 1 unspecified atom stereocenters. The highest BCUT2D eigenvalue weighted by molar-refractivity contribution is 6.03. The zero-order valence-electron chi connectivity index (χ0n) is 11.8.